The van der Waals surface area contributed by atoms with Gasteiger partial charge < -0.3 is 70.7 Å². The van der Waals surface area contributed by atoms with Crippen LogP contribution in [0.2, 0.25) is 0 Å². The second-order valence-corrected chi connectivity index (χ2v) is 28.8. The molecule has 1 heterocycles. The summed E-state index contributed by atoms with van der Waals surface area (Å²) in [6.45, 7) is 30.6. The molecule has 91 heavy (non-hydrogen) atoms. The maximum atomic E-state index is 15.3. The van der Waals surface area contributed by atoms with Gasteiger partial charge in [-0.2, -0.15) is 0 Å². The molecule has 0 aromatic heterocycles. The number of hydrogen-bond acceptors (Lipinski definition) is 15. The van der Waals surface area contributed by atoms with Crippen LogP contribution in [0.3, 0.4) is 0 Å². The predicted octanol–water partition coefficient (Wildman–Crippen LogP) is 4.72. The van der Waals surface area contributed by atoms with Crippen molar-refractivity contribution in [3.63, 3.8) is 0 Å². The Morgan fingerprint density at radius 1 is 0.505 bits per heavy atom. The lowest BCUT2D eigenvalue weighted by Crippen LogP contribution is -2.63. The molecule has 0 unspecified atom stereocenters. The van der Waals surface area contributed by atoms with Crippen LogP contribution < -0.4 is 21.3 Å². The van der Waals surface area contributed by atoms with Gasteiger partial charge in [-0.05, 0) is 115 Å². The van der Waals surface area contributed by atoms with Crippen LogP contribution in [0.15, 0.2) is 23.1 Å². The van der Waals surface area contributed by atoms with E-state index in [9.17, 15) is 34.2 Å². The first-order valence-electron chi connectivity index (χ1n) is 32.6. The first-order chi connectivity index (χ1) is 42.0. The van der Waals surface area contributed by atoms with Gasteiger partial charge in [0.05, 0.1) is 6.10 Å². The molecule has 10 amide bonds. The number of amides is 10. The lowest BCUT2D eigenvalue weighted by atomic mass is 9.91. The van der Waals surface area contributed by atoms with Gasteiger partial charge in [0.25, 0.3) is 0 Å². The number of hydrogen-bond donors (Lipinski definition) is 6. The van der Waals surface area contributed by atoms with E-state index in [0.717, 1.165) is 16.7 Å². The molecular weight excluding hydrogens is 1180 g/mol. The molecule has 6 N–H and O–H groups in total. The monoisotopic (exact) mass is 1300 g/mol. The van der Waals surface area contributed by atoms with E-state index < -0.39 is 149 Å². The smallest absolute Gasteiger partial charge is 0.249 e. The van der Waals surface area contributed by atoms with Gasteiger partial charge in [0, 0.05) is 61.6 Å². The van der Waals surface area contributed by atoms with E-state index in [2.05, 4.69) is 21.3 Å². The van der Waals surface area contributed by atoms with Crippen molar-refractivity contribution in [2.24, 2.45) is 41.4 Å². The molecular formula is C66H120N12O12S. The lowest BCUT2D eigenvalue weighted by molar-refractivity contribution is -0.157. The molecule has 0 radical (unpaired) electrons. The third-order valence-electron chi connectivity index (χ3n) is 16.9. The van der Waals surface area contributed by atoms with Crippen molar-refractivity contribution in [1.82, 2.24) is 60.5 Å². The van der Waals surface area contributed by atoms with Gasteiger partial charge in [-0.3, -0.25) is 47.9 Å². The van der Waals surface area contributed by atoms with E-state index in [1.165, 1.54) is 92.6 Å². The summed E-state index contributed by atoms with van der Waals surface area (Å²) < 4.78 is 0. The topological polar surface area (TPSA) is 285 Å². The van der Waals surface area contributed by atoms with E-state index in [1.54, 1.807) is 47.6 Å². The molecule has 0 aromatic carbocycles. The summed E-state index contributed by atoms with van der Waals surface area (Å²) in [5.74, 6) is -9.18. The van der Waals surface area contributed by atoms with Gasteiger partial charge in [0.1, 0.15) is 65.4 Å². The maximum Gasteiger partial charge on any atom is 0.249 e. The summed E-state index contributed by atoms with van der Waals surface area (Å²) in [4.78, 5) is 159. The van der Waals surface area contributed by atoms with Gasteiger partial charge in [-0.1, -0.05) is 109 Å². The molecule has 0 saturated carbocycles. The van der Waals surface area contributed by atoms with Crippen LogP contribution in [-0.2, 0) is 47.9 Å². The highest BCUT2D eigenvalue weighted by Crippen LogP contribution is 2.29. The van der Waals surface area contributed by atoms with Crippen molar-refractivity contribution < 1.29 is 58.2 Å². The van der Waals surface area contributed by atoms with Crippen molar-refractivity contribution in [2.45, 2.75) is 223 Å². The summed E-state index contributed by atoms with van der Waals surface area (Å²) in [6, 6.07) is -12.4. The lowest BCUT2D eigenvalue weighted by Gasteiger charge is -2.41. The highest BCUT2D eigenvalue weighted by Gasteiger charge is 2.46. The highest BCUT2D eigenvalue weighted by molar-refractivity contribution is 8.03. The summed E-state index contributed by atoms with van der Waals surface area (Å²) in [7, 11) is 13.8. The Morgan fingerprint density at radius 3 is 1.38 bits per heavy atom. The zero-order chi connectivity index (χ0) is 70.5. The maximum absolute atomic E-state index is 15.3. The second-order valence-electron chi connectivity index (χ2n) is 27.7. The Hall–Kier alpha value is -5.95. The SMILES string of the molecule is C/C=C/C[C@@H](C)[C@@H](O)[C@H]1C(=O)N[C@@H](CC)C(=O)N(C)/C(SCCN(C)C)=C(/O)N(C)[C@@H](CC(C)C)C(=O)N[C@@H](C(C)C)C(=O)N(C)[C@@H](CC(C)C)C(=O)N[C@@H](C)C(=O)N[C@H](C)C(=O)N(C)[C@@H](CC(C)C)C(=O)N(C)[C@@H](CC(C)C)C(=O)N(C)[C@@H](C(C)C)C(=O)N1C. The Morgan fingerprint density at radius 2 is 0.934 bits per heavy atom. The Bertz CT molecular complexity index is 2510. The fourth-order valence-corrected chi connectivity index (χ4v) is 12.3. The summed E-state index contributed by atoms with van der Waals surface area (Å²) in [6.07, 6.45) is 3.03. The zero-order valence-electron chi connectivity index (χ0n) is 60.2. The van der Waals surface area contributed by atoms with Crippen molar-refractivity contribution in [1.29, 1.82) is 0 Å². The van der Waals surface area contributed by atoms with Crippen molar-refractivity contribution >= 4 is 70.8 Å². The number of carbonyl (C=O) groups excluding carboxylic acids is 10. The number of rotatable bonds is 19. The van der Waals surface area contributed by atoms with Crippen LogP contribution in [0, 0.1) is 41.4 Å². The summed E-state index contributed by atoms with van der Waals surface area (Å²) in [5, 5.41) is 36.0. The molecule has 1 aliphatic heterocycles. The zero-order valence-corrected chi connectivity index (χ0v) is 61.0. The molecule has 0 spiro atoms. The van der Waals surface area contributed by atoms with Gasteiger partial charge in [0.15, 0.2) is 0 Å². The van der Waals surface area contributed by atoms with Gasteiger partial charge in [-0.15, -0.1) is 11.8 Å². The molecule has 522 valence electrons. The standard InChI is InChI=1S/C66H120N12O12S/c1-27-29-30-43(15)54(79)53-58(83)69-46(28-2)60(85)78(26)66(91-32-31-71(18)19)65(90)73(21)48(34-38(5)6)57(82)70-51(41(11)12)63(88)72(20)47(33-37(3)4)56(81)67-44(16)55(80)68-45(17)59(84)74(22)49(35-39(7)8)61(86)75(23)50(36-40(9)10)62(87)76(24)52(42(13)14)64(89)77(53)25/h27,29,37-54,79,90H,28,30-36H2,1-26H3,(H,67,81)(H,68,80)(H,69,83)(H,70,82)/b29-27+,66-65-/t43-,44+,45-,46+,47+,48+,49+,50+,51+,52+,53+,54-/m1/s1. The molecule has 0 aromatic rings. The Labute approximate surface area is 550 Å². The number of aliphatic hydroxyl groups is 2. The number of carbonyl (C=O) groups is 10. The van der Waals surface area contributed by atoms with Crippen LogP contribution in [0.5, 0.6) is 0 Å². The van der Waals surface area contributed by atoms with Gasteiger partial charge in [-0.25, -0.2) is 0 Å². The van der Waals surface area contributed by atoms with Gasteiger partial charge in [0.2, 0.25) is 65.0 Å². The predicted molar refractivity (Wildman–Crippen MR) is 359 cm³/mol. The number of nitrogens with zero attached hydrogens (tertiary/aromatic N) is 8. The Balaban J connectivity index is 4.58. The van der Waals surface area contributed by atoms with Gasteiger partial charge >= 0.3 is 0 Å². The first-order valence-corrected chi connectivity index (χ1v) is 33.6. The minimum atomic E-state index is -1.63. The number of allylic oxidation sites excluding steroid dienone is 2. The third-order valence-corrected chi connectivity index (χ3v) is 18.0. The number of aliphatic hydroxyl groups excluding tert-OH is 2. The summed E-state index contributed by atoms with van der Waals surface area (Å²) in [5.41, 5.74) is 0. The van der Waals surface area contributed by atoms with E-state index in [1.807, 2.05) is 87.4 Å². The molecule has 1 rings (SSSR count). The summed E-state index contributed by atoms with van der Waals surface area (Å²) >= 11 is 1.13. The average Bonchev–Trinajstić information content (AvgIpc) is 0.906. The van der Waals surface area contributed by atoms with Crippen LogP contribution in [0.4, 0.5) is 0 Å². The molecule has 12 atom stereocenters. The number of likely N-dealkylation sites (N-methyl/N-ethyl adjacent to an activating group) is 7. The highest BCUT2D eigenvalue weighted by atomic mass is 32.2. The van der Waals surface area contributed by atoms with Crippen LogP contribution in [0.1, 0.15) is 156 Å². The Kier molecular flexibility index (Phi) is 34.9. The minimum Gasteiger partial charge on any atom is -0.493 e. The van der Waals surface area contributed by atoms with Crippen LogP contribution >= 0.6 is 11.8 Å². The average molecular weight is 1310 g/mol. The molecule has 24 nitrogen and oxygen atoms in total. The fraction of sp³-hybridized carbons (Fsp3) is 0.788. The quantitative estimate of drug-likeness (QED) is 0.0955. The van der Waals surface area contributed by atoms with E-state index in [4.69, 9.17) is 0 Å². The van der Waals surface area contributed by atoms with E-state index in [-0.39, 0.29) is 60.8 Å². The molecule has 25 heteroatoms. The first kappa shape index (κ1) is 83.1. The number of thioether (sulfide) groups is 1. The fourth-order valence-electron chi connectivity index (χ4n) is 11.1. The van der Waals surface area contributed by atoms with Crippen LogP contribution in [0.25, 0.3) is 0 Å². The van der Waals surface area contributed by atoms with Crippen molar-refractivity contribution in [3.05, 3.63) is 23.1 Å². The normalized spacial score (nSPS) is 26.8. The second kappa shape index (κ2) is 38.3. The number of nitrogens with one attached hydrogen (secondary N) is 4. The van der Waals surface area contributed by atoms with Crippen LogP contribution in [-0.4, -0.2) is 251 Å². The minimum absolute atomic E-state index is 0.0112. The molecule has 1 aliphatic rings. The molecule has 0 bridgehead atoms. The molecule has 0 saturated heterocycles. The van der Waals surface area contributed by atoms with Crippen molar-refractivity contribution in [2.75, 3.05) is 75.7 Å². The third kappa shape index (κ3) is 23.8. The van der Waals surface area contributed by atoms with E-state index >= 15 is 24.0 Å². The molecule has 0 aliphatic carbocycles. The van der Waals surface area contributed by atoms with E-state index in [0.29, 0.717) is 18.7 Å². The largest absolute Gasteiger partial charge is 0.493 e. The molecule has 0 fully saturated rings. The van der Waals surface area contributed by atoms with Crippen molar-refractivity contribution in [3.8, 4) is 0 Å².